The van der Waals surface area contributed by atoms with E-state index in [0.29, 0.717) is 17.9 Å². The van der Waals surface area contributed by atoms with E-state index < -0.39 is 0 Å². The lowest BCUT2D eigenvalue weighted by Gasteiger charge is -2.59. The molecule has 1 aromatic carbocycles. The maximum absolute atomic E-state index is 10.7. The summed E-state index contributed by atoms with van der Waals surface area (Å²) in [5.74, 6) is 1.31. The lowest BCUT2D eigenvalue weighted by molar-refractivity contribution is -0.0826. The minimum atomic E-state index is -0.134. The third kappa shape index (κ3) is 2.17. The molecular weight excluding hydrogens is 312 g/mol. The molecule has 1 aliphatic carbocycles. The molecule has 2 aromatic rings. The van der Waals surface area contributed by atoms with E-state index in [1.54, 1.807) is 7.11 Å². The molecule has 4 bridgehead atoms. The fraction of sp³-hybridized carbons (Fsp3) is 0.619. The molecule has 3 fully saturated rings. The van der Waals surface area contributed by atoms with Crippen LogP contribution in [0.3, 0.4) is 0 Å². The summed E-state index contributed by atoms with van der Waals surface area (Å²) in [4.78, 5) is 6.44. The molecule has 25 heavy (non-hydrogen) atoms. The van der Waals surface area contributed by atoms with Crippen LogP contribution in [0.2, 0.25) is 0 Å². The largest absolute Gasteiger partial charge is 0.395 e. The van der Waals surface area contributed by atoms with Crippen LogP contribution in [0.4, 0.5) is 0 Å². The number of benzene rings is 1. The molecule has 0 radical (unpaired) electrons. The monoisotopic (exact) mass is 340 g/mol. The first-order valence-corrected chi connectivity index (χ1v) is 9.71. The number of nitrogens with zero attached hydrogens (tertiary/aromatic N) is 1. The van der Waals surface area contributed by atoms with Crippen LogP contribution in [0.5, 0.6) is 0 Å². The van der Waals surface area contributed by atoms with Gasteiger partial charge < -0.3 is 14.8 Å². The number of nitrogens with one attached hydrogen (secondary N) is 1. The number of aliphatic hydroxyl groups excluding tert-OH is 1. The number of fused-ring (bicyclic) bond motifs is 4. The number of aromatic amines is 1. The van der Waals surface area contributed by atoms with E-state index >= 15 is 0 Å². The third-order valence-electron chi connectivity index (χ3n) is 7.12. The van der Waals surface area contributed by atoms with Gasteiger partial charge in [0.05, 0.1) is 6.61 Å². The summed E-state index contributed by atoms with van der Waals surface area (Å²) in [6, 6.07) is 9.08. The molecule has 4 aliphatic rings. The topological polar surface area (TPSA) is 48.5 Å². The van der Waals surface area contributed by atoms with E-state index in [4.69, 9.17) is 4.74 Å². The number of aromatic nitrogens is 1. The number of hydrogen-bond donors (Lipinski definition) is 2. The van der Waals surface area contributed by atoms with E-state index in [1.807, 2.05) is 0 Å². The molecule has 3 aliphatic heterocycles. The van der Waals surface area contributed by atoms with Gasteiger partial charge in [-0.1, -0.05) is 18.2 Å². The summed E-state index contributed by atoms with van der Waals surface area (Å²) in [6.45, 7) is 3.39. The Morgan fingerprint density at radius 2 is 2.24 bits per heavy atom. The average molecular weight is 340 g/mol. The Morgan fingerprint density at radius 3 is 3.08 bits per heavy atom. The zero-order valence-electron chi connectivity index (χ0n) is 15.0. The Morgan fingerprint density at radius 1 is 1.36 bits per heavy atom. The number of methoxy groups -OCH3 is 1. The van der Waals surface area contributed by atoms with Gasteiger partial charge in [0.25, 0.3) is 0 Å². The third-order valence-corrected chi connectivity index (χ3v) is 7.12. The Bertz CT molecular complexity index is 785. The molecule has 4 heterocycles. The van der Waals surface area contributed by atoms with Gasteiger partial charge >= 0.3 is 0 Å². The van der Waals surface area contributed by atoms with Crippen LogP contribution in [-0.4, -0.2) is 54.4 Å². The van der Waals surface area contributed by atoms with Gasteiger partial charge in [-0.3, -0.25) is 4.90 Å². The number of H-pyrrole nitrogens is 1. The van der Waals surface area contributed by atoms with Crippen LogP contribution in [0.25, 0.3) is 10.9 Å². The van der Waals surface area contributed by atoms with Crippen molar-refractivity contribution in [3.63, 3.8) is 0 Å². The summed E-state index contributed by atoms with van der Waals surface area (Å²) >= 11 is 0. The second-order valence-corrected chi connectivity index (χ2v) is 8.38. The number of para-hydroxylation sites is 1. The molecule has 1 aromatic heterocycles. The highest BCUT2D eigenvalue weighted by atomic mass is 16.5. The van der Waals surface area contributed by atoms with Crippen molar-refractivity contribution in [2.24, 2.45) is 11.8 Å². The summed E-state index contributed by atoms with van der Waals surface area (Å²) in [6.07, 6.45) is 4.60. The molecule has 5 atom stereocenters. The van der Waals surface area contributed by atoms with Gasteiger partial charge in [-0.15, -0.1) is 0 Å². The number of ether oxygens (including phenoxy) is 1. The van der Waals surface area contributed by atoms with Gasteiger partial charge in [0, 0.05) is 54.9 Å². The normalized spacial score (nSPS) is 36.4. The number of aliphatic hydroxyl groups is 1. The van der Waals surface area contributed by atoms with Crippen molar-refractivity contribution in [3.05, 3.63) is 35.5 Å². The average Bonchev–Trinajstić information content (AvgIpc) is 2.99. The van der Waals surface area contributed by atoms with Crippen molar-refractivity contribution >= 4 is 10.9 Å². The van der Waals surface area contributed by atoms with Gasteiger partial charge in [-0.25, -0.2) is 0 Å². The van der Waals surface area contributed by atoms with E-state index in [2.05, 4.69) is 34.1 Å². The predicted octanol–water partition coefficient (Wildman–Crippen LogP) is 2.70. The highest BCUT2D eigenvalue weighted by Gasteiger charge is 2.58. The Balaban J connectivity index is 1.67. The molecule has 6 rings (SSSR count). The smallest absolute Gasteiger partial charge is 0.0557 e. The van der Waals surface area contributed by atoms with E-state index in [1.165, 1.54) is 35.1 Å². The summed E-state index contributed by atoms with van der Waals surface area (Å²) in [7, 11) is 1.80. The molecule has 1 saturated carbocycles. The SMILES string of the molecule is COCC[C@H]1C[C@H]2CN3CCc4c([nH]c5ccccc45)[C@](CO)(C2)[C@H]13. The van der Waals surface area contributed by atoms with E-state index in [-0.39, 0.29) is 12.0 Å². The number of rotatable bonds is 4. The fourth-order valence-electron chi connectivity index (χ4n) is 6.36. The molecule has 0 amide bonds. The highest BCUT2D eigenvalue weighted by Crippen LogP contribution is 2.54. The van der Waals surface area contributed by atoms with Crippen molar-refractivity contribution in [1.29, 1.82) is 0 Å². The zero-order chi connectivity index (χ0) is 17.0. The molecular formula is C21H28N2O2. The first kappa shape index (κ1) is 15.9. The first-order chi connectivity index (χ1) is 12.3. The number of hydrogen-bond acceptors (Lipinski definition) is 3. The summed E-state index contributed by atoms with van der Waals surface area (Å²) < 4.78 is 5.40. The summed E-state index contributed by atoms with van der Waals surface area (Å²) in [5, 5.41) is 12.0. The number of piperidine rings is 2. The molecule has 2 saturated heterocycles. The zero-order valence-corrected chi connectivity index (χ0v) is 15.0. The molecule has 4 nitrogen and oxygen atoms in total. The molecule has 134 valence electrons. The Hall–Kier alpha value is -1.36. The minimum absolute atomic E-state index is 0.134. The van der Waals surface area contributed by atoms with E-state index in [0.717, 1.165) is 32.4 Å². The van der Waals surface area contributed by atoms with Crippen LogP contribution in [-0.2, 0) is 16.6 Å². The van der Waals surface area contributed by atoms with Crippen molar-refractivity contribution in [3.8, 4) is 0 Å². The minimum Gasteiger partial charge on any atom is -0.395 e. The Kier molecular flexibility index (Phi) is 3.70. The van der Waals surface area contributed by atoms with Crippen LogP contribution >= 0.6 is 0 Å². The van der Waals surface area contributed by atoms with Crippen LogP contribution < -0.4 is 0 Å². The van der Waals surface area contributed by atoms with Crippen molar-refractivity contribution in [2.75, 3.05) is 33.4 Å². The van der Waals surface area contributed by atoms with Crippen LogP contribution in [0.15, 0.2) is 24.3 Å². The van der Waals surface area contributed by atoms with Crippen molar-refractivity contribution < 1.29 is 9.84 Å². The predicted molar refractivity (Wildman–Crippen MR) is 98.8 cm³/mol. The molecule has 0 spiro atoms. The lowest BCUT2D eigenvalue weighted by Crippen LogP contribution is -2.65. The van der Waals surface area contributed by atoms with Crippen LogP contribution in [0.1, 0.15) is 30.5 Å². The van der Waals surface area contributed by atoms with Gasteiger partial charge in [-0.05, 0) is 49.1 Å². The van der Waals surface area contributed by atoms with Crippen LogP contribution in [0, 0.1) is 11.8 Å². The van der Waals surface area contributed by atoms with Gasteiger partial charge in [0.2, 0.25) is 0 Å². The second-order valence-electron chi connectivity index (χ2n) is 8.38. The van der Waals surface area contributed by atoms with Gasteiger partial charge in [-0.2, -0.15) is 0 Å². The quantitative estimate of drug-likeness (QED) is 0.900. The first-order valence-electron chi connectivity index (χ1n) is 9.71. The van der Waals surface area contributed by atoms with Gasteiger partial charge in [0.15, 0.2) is 0 Å². The van der Waals surface area contributed by atoms with Gasteiger partial charge in [0.1, 0.15) is 0 Å². The second kappa shape index (κ2) is 5.83. The molecule has 2 N–H and O–H groups in total. The van der Waals surface area contributed by atoms with Crippen molar-refractivity contribution in [2.45, 2.75) is 37.1 Å². The molecule has 1 unspecified atom stereocenters. The fourth-order valence-corrected chi connectivity index (χ4v) is 6.36. The standard InChI is InChI=1S/C21H28N2O2/c1-25-9-7-15-10-14-11-21(13-24)19-17(6-8-23(12-14)20(15)21)16-4-2-3-5-18(16)22-19/h2-5,14-15,20,22,24H,6-13H2,1H3/t14-,15+,20+,21-/m1/s1. The maximum atomic E-state index is 10.7. The maximum Gasteiger partial charge on any atom is 0.0557 e. The van der Waals surface area contributed by atoms with E-state index in [9.17, 15) is 5.11 Å². The molecule has 4 heteroatoms. The van der Waals surface area contributed by atoms with Crippen molar-refractivity contribution in [1.82, 2.24) is 9.88 Å². The lowest BCUT2D eigenvalue weighted by atomic mass is 9.56. The Labute approximate surface area is 149 Å². The summed E-state index contributed by atoms with van der Waals surface area (Å²) in [5.41, 5.74) is 3.87. The highest BCUT2D eigenvalue weighted by molar-refractivity contribution is 5.85.